The Kier molecular flexibility index (Phi) is 14.0. The van der Waals surface area contributed by atoms with E-state index in [-0.39, 0.29) is 0 Å². The van der Waals surface area contributed by atoms with Crippen LogP contribution in [0, 0.1) is 6.92 Å². The molecule has 3 heteroatoms. The summed E-state index contributed by atoms with van der Waals surface area (Å²) in [5.41, 5.74) is 14.9. The van der Waals surface area contributed by atoms with Crippen molar-refractivity contribution in [2.75, 3.05) is 5.32 Å². The monoisotopic (exact) mass is 867 g/mol. The molecule has 0 fully saturated rings. The number of hydrogen-bond acceptors (Lipinski definition) is 1. The molecule has 328 valence electrons. The van der Waals surface area contributed by atoms with Crippen molar-refractivity contribution < 1.29 is 0 Å². The summed E-state index contributed by atoms with van der Waals surface area (Å²) >= 11 is 0. The molecule has 0 radical (unpaired) electrons. The van der Waals surface area contributed by atoms with Gasteiger partial charge in [-0.3, -0.25) is 0 Å². The number of hydrogen-bond donors (Lipinski definition) is 1. The fourth-order valence-corrected chi connectivity index (χ4v) is 8.99. The Morgan fingerprint density at radius 3 is 1.75 bits per heavy atom. The van der Waals surface area contributed by atoms with Gasteiger partial charge in [0.25, 0.3) is 0 Å². The van der Waals surface area contributed by atoms with Gasteiger partial charge in [-0.1, -0.05) is 183 Å². The van der Waals surface area contributed by atoms with Crippen LogP contribution >= 0.6 is 0 Å². The molecule has 1 aliphatic rings. The highest BCUT2D eigenvalue weighted by atomic mass is 15.0. The molecule has 3 nitrogen and oxygen atoms in total. The minimum atomic E-state index is 0.960. The lowest BCUT2D eigenvalue weighted by Gasteiger charge is -2.08. The summed E-state index contributed by atoms with van der Waals surface area (Å²) < 4.78 is 4.72. The molecular formula is C64H57N3. The van der Waals surface area contributed by atoms with Crippen LogP contribution in [0.25, 0.3) is 67.4 Å². The van der Waals surface area contributed by atoms with Gasteiger partial charge in [0, 0.05) is 44.6 Å². The SMILES string of the molecule is CC.Cc1ccc(-c2ccc(N/C=C/C=c3\c(=C/C4=CC=CCC4)c4ccccc4n3-c3ccccc3)cc2)cc1.c1ccc(Cc2ccc3c(c2)c2ccccc2n3-c2ccccc2)cc1. The summed E-state index contributed by atoms with van der Waals surface area (Å²) in [5.74, 6) is 0. The van der Waals surface area contributed by atoms with Crippen molar-refractivity contribution in [1.29, 1.82) is 0 Å². The number of fused-ring (bicyclic) bond motifs is 4. The number of aromatic nitrogens is 2. The van der Waals surface area contributed by atoms with Crippen LogP contribution in [0.2, 0.25) is 0 Å². The highest BCUT2D eigenvalue weighted by Crippen LogP contribution is 2.33. The van der Waals surface area contributed by atoms with E-state index in [2.05, 4.69) is 264 Å². The van der Waals surface area contributed by atoms with Crippen molar-refractivity contribution in [1.82, 2.24) is 9.13 Å². The van der Waals surface area contributed by atoms with E-state index >= 15 is 0 Å². The van der Waals surface area contributed by atoms with Crippen molar-refractivity contribution >= 4 is 50.5 Å². The molecule has 0 atom stereocenters. The largest absolute Gasteiger partial charge is 0.362 e. The topological polar surface area (TPSA) is 21.9 Å². The van der Waals surface area contributed by atoms with Crippen LogP contribution in [-0.4, -0.2) is 9.13 Å². The Labute approximate surface area is 395 Å². The second kappa shape index (κ2) is 21.2. The first-order valence-corrected chi connectivity index (χ1v) is 23.6. The molecule has 1 N–H and O–H groups in total. The van der Waals surface area contributed by atoms with E-state index in [1.807, 2.05) is 20.0 Å². The Bertz CT molecular complexity index is 3440. The standard InChI is InChI=1S/C37H32N2.C25H19N.C2H6/c1-28-18-20-30(21-19-28)31-22-24-32(25-23-31)38-26-10-17-37-35(27-29-11-4-2-5-12-29)34-15-8-9-16-36(34)39(37)33-13-6-3-7-14-33;1-3-9-19(10-4-1)17-20-15-16-25-23(18-20)22-13-7-8-14-24(22)26(25)21-11-5-2-6-12-21;1-2/h2-4,6-11,13-27,38H,5,12H2,1H3;1-16,18H,17H2;1-2H3/b26-10+,35-27-,37-17+;;. The molecule has 1 aliphatic carbocycles. The van der Waals surface area contributed by atoms with E-state index in [0.29, 0.717) is 0 Å². The molecule has 67 heavy (non-hydrogen) atoms. The average Bonchev–Trinajstić information content (AvgIpc) is 3.89. The molecule has 0 unspecified atom stereocenters. The van der Waals surface area contributed by atoms with E-state index < -0.39 is 0 Å². The molecular weight excluding hydrogens is 811 g/mol. The summed E-state index contributed by atoms with van der Waals surface area (Å²) in [6.07, 6.45) is 18.5. The molecule has 2 heterocycles. The van der Waals surface area contributed by atoms with Crippen LogP contribution in [0.3, 0.4) is 0 Å². The highest BCUT2D eigenvalue weighted by molar-refractivity contribution is 6.09. The summed E-state index contributed by atoms with van der Waals surface area (Å²) in [6, 6.07) is 73.4. The summed E-state index contributed by atoms with van der Waals surface area (Å²) in [4.78, 5) is 0. The van der Waals surface area contributed by atoms with E-state index in [1.54, 1.807) is 0 Å². The third-order valence-electron chi connectivity index (χ3n) is 12.2. The maximum absolute atomic E-state index is 3.44. The van der Waals surface area contributed by atoms with Crippen LogP contribution in [0.5, 0.6) is 0 Å². The Morgan fingerprint density at radius 2 is 1.09 bits per heavy atom. The third-order valence-corrected chi connectivity index (χ3v) is 12.2. The maximum atomic E-state index is 3.44. The first-order chi connectivity index (χ1) is 33.2. The molecule has 8 aromatic carbocycles. The number of rotatable bonds is 9. The van der Waals surface area contributed by atoms with Gasteiger partial charge in [0.15, 0.2) is 0 Å². The van der Waals surface area contributed by atoms with Crippen molar-refractivity contribution in [3.05, 3.63) is 270 Å². The van der Waals surface area contributed by atoms with Gasteiger partial charge in [0.2, 0.25) is 0 Å². The fraction of sp³-hybridized carbons (Fsp3) is 0.0938. The fourth-order valence-electron chi connectivity index (χ4n) is 8.99. The van der Waals surface area contributed by atoms with Crippen molar-refractivity contribution in [2.24, 2.45) is 0 Å². The quantitative estimate of drug-likeness (QED) is 0.153. The molecule has 0 aliphatic heterocycles. The van der Waals surface area contributed by atoms with Gasteiger partial charge in [-0.05, 0) is 133 Å². The Balaban J connectivity index is 0.000000174. The van der Waals surface area contributed by atoms with Crippen molar-refractivity contribution in [2.45, 2.75) is 40.0 Å². The Morgan fingerprint density at radius 1 is 0.522 bits per heavy atom. The van der Waals surface area contributed by atoms with Gasteiger partial charge in [0.1, 0.15) is 0 Å². The highest BCUT2D eigenvalue weighted by Gasteiger charge is 2.13. The van der Waals surface area contributed by atoms with Crippen LogP contribution in [0.4, 0.5) is 5.69 Å². The third kappa shape index (κ3) is 10.1. The predicted octanol–water partition coefficient (Wildman–Crippen LogP) is 15.5. The summed E-state index contributed by atoms with van der Waals surface area (Å²) in [6.45, 7) is 6.12. The number of aryl methyl sites for hydroxylation is 1. The second-order valence-corrected chi connectivity index (χ2v) is 16.7. The van der Waals surface area contributed by atoms with E-state index in [1.165, 1.54) is 82.4 Å². The molecule has 0 saturated heterocycles. The number of benzene rings is 8. The second-order valence-electron chi connectivity index (χ2n) is 16.7. The van der Waals surface area contributed by atoms with Crippen molar-refractivity contribution in [3.63, 3.8) is 0 Å². The van der Waals surface area contributed by atoms with Gasteiger partial charge in [0.05, 0.1) is 21.9 Å². The number of para-hydroxylation sites is 4. The van der Waals surface area contributed by atoms with E-state index in [4.69, 9.17) is 0 Å². The Hall–Kier alpha value is -8.14. The average molecular weight is 868 g/mol. The molecule has 11 rings (SSSR count). The summed E-state index contributed by atoms with van der Waals surface area (Å²) in [5, 5.41) is 9.75. The molecule has 0 bridgehead atoms. The number of nitrogens with zero attached hydrogens (tertiary/aromatic N) is 2. The first-order valence-electron chi connectivity index (χ1n) is 23.6. The minimum Gasteiger partial charge on any atom is -0.362 e. The lowest BCUT2D eigenvalue weighted by atomic mass is 10.0. The zero-order chi connectivity index (χ0) is 45.8. The van der Waals surface area contributed by atoms with Gasteiger partial charge in [-0.25, -0.2) is 0 Å². The van der Waals surface area contributed by atoms with Gasteiger partial charge < -0.3 is 14.5 Å². The van der Waals surface area contributed by atoms with Gasteiger partial charge in [-0.15, -0.1) is 0 Å². The molecule has 0 spiro atoms. The molecule has 0 saturated carbocycles. The number of nitrogens with one attached hydrogen (secondary N) is 1. The smallest absolute Gasteiger partial charge is 0.0541 e. The van der Waals surface area contributed by atoms with E-state index in [9.17, 15) is 0 Å². The normalized spacial score (nSPS) is 12.8. The predicted molar refractivity (Wildman–Crippen MR) is 289 cm³/mol. The minimum absolute atomic E-state index is 0.960. The van der Waals surface area contributed by atoms with E-state index in [0.717, 1.165) is 30.6 Å². The first kappa shape index (κ1) is 44.1. The van der Waals surface area contributed by atoms with Gasteiger partial charge in [-0.2, -0.15) is 0 Å². The van der Waals surface area contributed by atoms with Crippen LogP contribution < -0.4 is 15.9 Å². The lowest BCUT2D eigenvalue weighted by molar-refractivity contribution is 1.00. The van der Waals surface area contributed by atoms with Crippen molar-refractivity contribution in [3.8, 4) is 22.5 Å². The molecule has 10 aromatic rings. The molecule has 0 amide bonds. The molecule has 2 aromatic heterocycles. The lowest BCUT2D eigenvalue weighted by Crippen LogP contribution is -2.28. The van der Waals surface area contributed by atoms with Crippen LogP contribution in [-0.2, 0) is 6.42 Å². The van der Waals surface area contributed by atoms with Gasteiger partial charge >= 0.3 is 0 Å². The number of allylic oxidation sites excluding steroid dienone is 5. The van der Waals surface area contributed by atoms with Crippen LogP contribution in [0.15, 0.2) is 242 Å². The number of anilines is 1. The zero-order valence-corrected chi connectivity index (χ0v) is 38.7. The zero-order valence-electron chi connectivity index (χ0n) is 38.7. The summed E-state index contributed by atoms with van der Waals surface area (Å²) in [7, 11) is 0. The maximum Gasteiger partial charge on any atom is 0.0541 e. The van der Waals surface area contributed by atoms with Crippen LogP contribution in [0.1, 0.15) is 43.4 Å².